The third-order valence-corrected chi connectivity index (χ3v) is 12.4. The quantitative estimate of drug-likeness (QED) is 0.0192. The predicted molar refractivity (Wildman–Crippen MR) is 220 cm³/mol. The van der Waals surface area contributed by atoms with Gasteiger partial charge in [0.1, 0.15) is 29.9 Å². The van der Waals surface area contributed by atoms with E-state index < -0.39 is 84.4 Å². The number of nitrogen functional groups attached to an aromatic ring is 1. The van der Waals surface area contributed by atoms with Crippen molar-refractivity contribution in [2.24, 2.45) is 5.41 Å². The summed E-state index contributed by atoms with van der Waals surface area (Å²) in [5.74, 6) is -2.10. The first-order valence-electron chi connectivity index (χ1n) is 19.3. The number of hydrogen-bond donors (Lipinski definition) is 10. The van der Waals surface area contributed by atoms with E-state index in [1.807, 2.05) is 0 Å². The number of nitrogens with two attached hydrogens (primary N) is 1. The first-order chi connectivity index (χ1) is 28.5. The summed E-state index contributed by atoms with van der Waals surface area (Å²) < 4.78 is 62.8. The van der Waals surface area contributed by atoms with Gasteiger partial charge in [0.15, 0.2) is 17.7 Å². The summed E-state index contributed by atoms with van der Waals surface area (Å²) in [6.07, 6.45) is 2.94. The van der Waals surface area contributed by atoms with Crippen molar-refractivity contribution in [3.63, 3.8) is 0 Å². The van der Waals surface area contributed by atoms with Crippen LogP contribution in [0.4, 0.5) is 5.82 Å². The van der Waals surface area contributed by atoms with E-state index in [1.165, 1.54) is 32.8 Å². The predicted octanol–water partition coefficient (Wildman–Crippen LogP) is 2.21. The zero-order chi connectivity index (χ0) is 45.6. The van der Waals surface area contributed by atoms with E-state index in [9.17, 15) is 57.9 Å². The van der Waals surface area contributed by atoms with Crippen molar-refractivity contribution >= 4 is 70.7 Å². The molecule has 3 heterocycles. The second kappa shape index (κ2) is 23.8. The average molecular weight is 948 g/mol. The Morgan fingerprint density at radius 2 is 1.67 bits per heavy atom. The molecule has 2 aromatic rings. The molecule has 10 N–H and O–H groups in total. The van der Waals surface area contributed by atoms with Crippen LogP contribution in [0.5, 0.6) is 0 Å². The number of carbonyl (C=O) groups is 3. The second-order valence-corrected chi connectivity index (χ2v) is 19.3. The Hall–Kier alpha value is -2.70. The molecule has 28 heteroatoms. The first kappa shape index (κ1) is 52.6. The SMILES string of the molecule is CCCCCCCCCC=CC(=O)c1nc(N)c2ncn([C@@H]3O[C@H](COP(=O)(O)OP(=O)(O)OCC(C)(C)[C@@H](O)C(=O)NCCC(=O)NCCS)[C@@H](OP(=O)(O)O)[C@H]3O)c2n1. The van der Waals surface area contributed by atoms with Crippen molar-refractivity contribution in [2.45, 2.75) is 109 Å². The molecule has 2 unspecified atom stereocenters. The van der Waals surface area contributed by atoms with Gasteiger partial charge in [-0.15, -0.1) is 0 Å². The number of aromatic nitrogens is 4. The number of unbranched alkanes of at least 4 members (excludes halogenated alkanes) is 7. The number of rotatable bonds is 28. The van der Waals surface area contributed by atoms with Crippen LogP contribution in [0.2, 0.25) is 0 Å². The van der Waals surface area contributed by atoms with Gasteiger partial charge in [-0.3, -0.25) is 32.5 Å². The Bertz CT molecular complexity index is 1970. The van der Waals surface area contributed by atoms with Crippen molar-refractivity contribution in [3.05, 3.63) is 24.3 Å². The van der Waals surface area contributed by atoms with Crippen molar-refractivity contribution in [2.75, 3.05) is 37.8 Å². The van der Waals surface area contributed by atoms with Gasteiger partial charge in [-0.1, -0.05) is 65.4 Å². The molecule has 0 radical (unpaired) electrons. The zero-order valence-electron chi connectivity index (χ0n) is 33.8. The summed E-state index contributed by atoms with van der Waals surface area (Å²) in [6.45, 7) is 2.75. The van der Waals surface area contributed by atoms with E-state index in [0.29, 0.717) is 18.7 Å². The summed E-state index contributed by atoms with van der Waals surface area (Å²) in [7, 11) is -16.5. The molecular weight excluding hydrogens is 891 g/mol. The molecule has 24 nitrogen and oxygen atoms in total. The van der Waals surface area contributed by atoms with Gasteiger partial charge in [-0.25, -0.2) is 28.6 Å². The maximum Gasteiger partial charge on any atom is 0.481 e. The minimum Gasteiger partial charge on any atom is -0.386 e. The molecule has 3 rings (SSSR count). The number of anilines is 1. The molecule has 7 atom stereocenters. The van der Waals surface area contributed by atoms with Gasteiger partial charge in [0, 0.05) is 30.7 Å². The van der Waals surface area contributed by atoms with E-state index in [1.54, 1.807) is 6.08 Å². The lowest BCUT2D eigenvalue weighted by atomic mass is 9.87. The molecule has 0 aromatic carbocycles. The highest BCUT2D eigenvalue weighted by Gasteiger charge is 2.50. The fraction of sp³-hybridized carbons (Fsp3) is 0.697. The van der Waals surface area contributed by atoms with E-state index in [0.717, 1.165) is 43.0 Å². The molecule has 0 saturated carbocycles. The number of thiol groups is 1. The van der Waals surface area contributed by atoms with Crippen molar-refractivity contribution in [1.82, 2.24) is 30.2 Å². The number of phosphoric acid groups is 3. The summed E-state index contributed by atoms with van der Waals surface area (Å²) in [6, 6.07) is 0. The highest BCUT2D eigenvalue weighted by molar-refractivity contribution is 7.80. The van der Waals surface area contributed by atoms with Crippen molar-refractivity contribution in [1.29, 1.82) is 0 Å². The van der Waals surface area contributed by atoms with Gasteiger partial charge in [0.2, 0.25) is 23.4 Å². The van der Waals surface area contributed by atoms with Crippen LogP contribution in [0.15, 0.2) is 18.5 Å². The monoisotopic (exact) mass is 947 g/mol. The number of phosphoric ester groups is 3. The maximum atomic E-state index is 13.0. The number of hydrogen-bond acceptors (Lipinski definition) is 18. The third-order valence-electron chi connectivity index (χ3n) is 9.04. The summed E-state index contributed by atoms with van der Waals surface area (Å²) in [5.41, 5.74) is 4.26. The number of nitrogens with one attached hydrogen (secondary N) is 2. The Labute approximate surface area is 357 Å². The fourth-order valence-electron chi connectivity index (χ4n) is 5.80. The molecule has 1 aliphatic heterocycles. The fourth-order valence-corrected chi connectivity index (χ4v) is 8.74. The number of aliphatic hydroxyl groups is 2. The number of fused-ring (bicyclic) bond motifs is 1. The lowest BCUT2D eigenvalue weighted by Gasteiger charge is -2.30. The van der Waals surface area contributed by atoms with Crippen LogP contribution in [-0.4, -0.2) is 123 Å². The Morgan fingerprint density at radius 1 is 1.02 bits per heavy atom. The smallest absolute Gasteiger partial charge is 0.386 e. The normalized spacial score (nSPS) is 21.0. The van der Waals surface area contributed by atoms with Crippen LogP contribution in [0.1, 0.15) is 95.4 Å². The molecule has 0 aliphatic carbocycles. The van der Waals surface area contributed by atoms with Gasteiger partial charge >= 0.3 is 23.5 Å². The molecule has 1 aliphatic rings. The molecule has 0 spiro atoms. The topological polar surface area (TPSA) is 364 Å². The van der Waals surface area contributed by atoms with E-state index in [2.05, 4.69) is 49.4 Å². The number of allylic oxidation sites excluding steroid dienone is 2. The van der Waals surface area contributed by atoms with Crippen LogP contribution < -0.4 is 16.4 Å². The molecule has 2 aromatic heterocycles. The molecule has 1 fully saturated rings. The standard InChI is InChI=1S/C33H56N7O17P3S/c1-4-5-6-7-8-9-10-11-12-13-21(41)29-38-28(34)24-30(39-29)40(20-37-24)32-25(43)26(56-58(46,47)48)22(55-32)18-53-59(49,50)57-60(51,52)54-19-33(2,3)27(44)31(45)36-15-14-23(42)35-16-17-61/h12-13,20,22,25-27,32,43-44,61H,4-11,14-19H2,1-3H3,(H,35,42)(H,36,45)(H,49,50)(H,51,52)(H2,34,38,39)(H2,46,47,48)/t22-,25-,26-,27+,32-/m1/s1. The van der Waals surface area contributed by atoms with Gasteiger partial charge < -0.3 is 50.9 Å². The Kier molecular flexibility index (Phi) is 20.6. The van der Waals surface area contributed by atoms with Gasteiger partial charge in [0.25, 0.3) is 0 Å². The Morgan fingerprint density at radius 3 is 2.33 bits per heavy atom. The van der Waals surface area contributed by atoms with Crippen LogP contribution in [-0.2, 0) is 45.9 Å². The summed E-state index contributed by atoms with van der Waals surface area (Å²) in [5, 5.41) is 26.5. The van der Waals surface area contributed by atoms with Crippen molar-refractivity contribution in [3.8, 4) is 0 Å². The number of ketones is 1. The molecule has 0 bridgehead atoms. The number of nitrogens with zero attached hydrogens (tertiary/aromatic N) is 4. The van der Waals surface area contributed by atoms with Crippen LogP contribution in [0, 0.1) is 5.41 Å². The zero-order valence-corrected chi connectivity index (χ0v) is 37.4. The first-order valence-corrected chi connectivity index (χ1v) is 24.4. The summed E-state index contributed by atoms with van der Waals surface area (Å²) >= 11 is 3.96. The second-order valence-electron chi connectivity index (χ2n) is 14.6. The highest BCUT2D eigenvalue weighted by Crippen LogP contribution is 2.61. The minimum atomic E-state index is -5.62. The minimum absolute atomic E-state index is 0.0422. The average Bonchev–Trinajstić information content (AvgIpc) is 3.73. The molecule has 346 valence electrons. The molecular formula is C33H56N7O17P3S. The van der Waals surface area contributed by atoms with E-state index >= 15 is 0 Å². The molecule has 61 heavy (non-hydrogen) atoms. The van der Waals surface area contributed by atoms with E-state index in [4.69, 9.17) is 24.0 Å². The third kappa shape index (κ3) is 17.1. The lowest BCUT2D eigenvalue weighted by molar-refractivity contribution is -0.137. The van der Waals surface area contributed by atoms with Crippen LogP contribution in [0.25, 0.3) is 11.2 Å². The molecule has 2 amide bonds. The van der Waals surface area contributed by atoms with Gasteiger partial charge in [-0.05, 0) is 18.9 Å². The number of imidazole rings is 1. The van der Waals surface area contributed by atoms with Crippen LogP contribution in [0.3, 0.4) is 0 Å². The number of carbonyl (C=O) groups excluding carboxylic acids is 3. The summed E-state index contributed by atoms with van der Waals surface area (Å²) in [4.78, 5) is 89.2. The number of amides is 2. The van der Waals surface area contributed by atoms with E-state index in [-0.39, 0.29) is 41.7 Å². The lowest BCUT2D eigenvalue weighted by Crippen LogP contribution is -2.46. The molecule has 1 saturated heterocycles. The largest absolute Gasteiger partial charge is 0.481 e. The maximum absolute atomic E-state index is 13.0. The van der Waals surface area contributed by atoms with Crippen LogP contribution >= 0.6 is 36.1 Å². The Balaban J connectivity index is 1.67. The van der Waals surface area contributed by atoms with Gasteiger partial charge in [0.05, 0.1) is 19.5 Å². The highest BCUT2D eigenvalue weighted by atomic mass is 32.1. The van der Waals surface area contributed by atoms with Crippen molar-refractivity contribution < 1.29 is 80.5 Å². The van der Waals surface area contributed by atoms with Gasteiger partial charge in [-0.2, -0.15) is 16.9 Å². The number of aliphatic hydroxyl groups excluding tert-OH is 2. The number of ether oxygens (including phenoxy) is 1.